The second-order valence-corrected chi connectivity index (χ2v) is 7.64. The van der Waals surface area contributed by atoms with Gasteiger partial charge in [-0.05, 0) is 12.5 Å². The Morgan fingerprint density at radius 3 is 2.52 bits per heavy atom. The van der Waals surface area contributed by atoms with Crippen molar-refractivity contribution in [1.82, 2.24) is 9.88 Å². The number of ether oxygens (including phenoxy) is 3. The molecule has 0 atom stereocenters. The molecule has 2 aliphatic heterocycles. The van der Waals surface area contributed by atoms with Crippen LogP contribution in [0.5, 0.6) is 11.8 Å². The summed E-state index contributed by atoms with van der Waals surface area (Å²) in [6.45, 7) is 9.94. The summed E-state index contributed by atoms with van der Waals surface area (Å²) in [7, 11) is 0. The molecule has 4 rings (SSSR count). The second kappa shape index (κ2) is 11.1. The summed E-state index contributed by atoms with van der Waals surface area (Å²) in [5.74, 6) is 0.951. The lowest BCUT2D eigenvalue weighted by atomic mass is 10.2. The van der Waals surface area contributed by atoms with Crippen molar-refractivity contribution in [3.05, 3.63) is 47.5 Å². The van der Waals surface area contributed by atoms with Gasteiger partial charge in [0.15, 0.2) is 0 Å². The molecule has 0 unspecified atom stereocenters. The Morgan fingerprint density at radius 1 is 1.00 bits per heavy atom. The normalized spacial score (nSPS) is 17.8. The summed E-state index contributed by atoms with van der Waals surface area (Å²) in [6.07, 6.45) is 1.69. The van der Waals surface area contributed by atoms with Crippen LogP contribution in [0.25, 0.3) is 0 Å². The number of benzene rings is 1. The van der Waals surface area contributed by atoms with Crippen molar-refractivity contribution in [3.63, 3.8) is 0 Å². The first-order chi connectivity index (χ1) is 15.3. The standard InChI is InChI=1S/C23H30N4O4/c1-19-3-2-4-20(15-19)18-24-31-23-17-21(27-8-12-29-13-9-27)16-22(25-23)30-14-7-26-5-10-28-11-6-26/h2-4,15-18H,5-14H2,1H3/b24-18+. The van der Waals surface area contributed by atoms with Crippen molar-refractivity contribution in [2.75, 3.05) is 70.7 Å². The van der Waals surface area contributed by atoms with Crippen molar-refractivity contribution in [2.45, 2.75) is 6.92 Å². The van der Waals surface area contributed by atoms with Gasteiger partial charge >= 0.3 is 0 Å². The van der Waals surface area contributed by atoms with Gasteiger partial charge in [-0.25, -0.2) is 0 Å². The monoisotopic (exact) mass is 426 g/mol. The quantitative estimate of drug-likeness (QED) is 0.474. The van der Waals surface area contributed by atoms with E-state index in [4.69, 9.17) is 19.0 Å². The van der Waals surface area contributed by atoms with Crippen molar-refractivity contribution in [2.24, 2.45) is 5.16 Å². The minimum Gasteiger partial charge on any atom is -0.476 e. The summed E-state index contributed by atoms with van der Waals surface area (Å²) >= 11 is 0. The fraction of sp³-hybridized carbons (Fsp3) is 0.478. The molecule has 166 valence electrons. The third-order valence-electron chi connectivity index (χ3n) is 5.29. The maximum atomic E-state index is 5.98. The molecular weight excluding hydrogens is 396 g/mol. The second-order valence-electron chi connectivity index (χ2n) is 7.64. The summed E-state index contributed by atoms with van der Waals surface area (Å²) in [4.78, 5) is 14.7. The summed E-state index contributed by atoms with van der Waals surface area (Å²) in [5, 5.41) is 4.13. The van der Waals surface area contributed by atoms with Crippen LogP contribution in [0, 0.1) is 6.92 Å². The molecule has 0 amide bonds. The van der Waals surface area contributed by atoms with Crippen LogP contribution in [-0.4, -0.2) is 81.9 Å². The van der Waals surface area contributed by atoms with Gasteiger partial charge in [0.2, 0.25) is 5.88 Å². The third kappa shape index (κ3) is 6.65. The molecule has 0 saturated carbocycles. The number of aromatic nitrogens is 1. The lowest BCUT2D eigenvalue weighted by molar-refractivity contribution is 0.0319. The van der Waals surface area contributed by atoms with Crippen LogP contribution in [0.3, 0.4) is 0 Å². The van der Waals surface area contributed by atoms with Gasteiger partial charge < -0.3 is 23.9 Å². The van der Waals surface area contributed by atoms with Crippen LogP contribution in [0.4, 0.5) is 5.69 Å². The van der Waals surface area contributed by atoms with Crippen LogP contribution >= 0.6 is 0 Å². The van der Waals surface area contributed by atoms with E-state index in [1.54, 1.807) is 6.21 Å². The van der Waals surface area contributed by atoms with Crippen LogP contribution in [0.15, 0.2) is 41.6 Å². The molecule has 1 aromatic heterocycles. The molecule has 8 nitrogen and oxygen atoms in total. The molecule has 3 heterocycles. The highest BCUT2D eigenvalue weighted by molar-refractivity contribution is 5.79. The first-order valence-electron chi connectivity index (χ1n) is 10.8. The van der Waals surface area contributed by atoms with Gasteiger partial charge in [-0.1, -0.05) is 35.0 Å². The first kappa shape index (κ1) is 21.5. The Balaban J connectivity index is 1.43. The zero-order chi connectivity index (χ0) is 21.3. The van der Waals surface area contributed by atoms with Crippen LogP contribution in [0.1, 0.15) is 11.1 Å². The topological polar surface area (TPSA) is 68.7 Å². The largest absolute Gasteiger partial charge is 0.476 e. The van der Waals surface area contributed by atoms with Crippen molar-refractivity contribution < 1.29 is 19.0 Å². The third-order valence-corrected chi connectivity index (χ3v) is 5.29. The van der Waals surface area contributed by atoms with Gasteiger partial charge in [0, 0.05) is 50.5 Å². The molecule has 0 aliphatic carbocycles. The smallest absolute Gasteiger partial charge is 0.254 e. The highest BCUT2D eigenvalue weighted by Gasteiger charge is 2.16. The van der Waals surface area contributed by atoms with E-state index in [2.05, 4.69) is 19.9 Å². The number of anilines is 1. The van der Waals surface area contributed by atoms with Crippen LogP contribution < -0.4 is 14.5 Å². The molecule has 2 aliphatic rings. The molecule has 31 heavy (non-hydrogen) atoms. The van der Waals surface area contributed by atoms with Crippen LogP contribution in [-0.2, 0) is 9.47 Å². The van der Waals surface area contributed by atoms with Gasteiger partial charge in [0.25, 0.3) is 5.88 Å². The van der Waals surface area contributed by atoms with E-state index >= 15 is 0 Å². The number of hydrogen-bond acceptors (Lipinski definition) is 8. The molecule has 1 aromatic carbocycles. The lowest BCUT2D eigenvalue weighted by Gasteiger charge is -2.29. The molecule has 2 fully saturated rings. The number of oxime groups is 1. The summed E-state index contributed by atoms with van der Waals surface area (Å²) < 4.78 is 16.9. The number of hydrogen-bond donors (Lipinski definition) is 0. The molecule has 2 saturated heterocycles. The summed E-state index contributed by atoms with van der Waals surface area (Å²) in [5.41, 5.74) is 3.15. The van der Waals surface area contributed by atoms with E-state index in [0.717, 1.165) is 57.2 Å². The Morgan fingerprint density at radius 2 is 1.74 bits per heavy atom. The number of pyridine rings is 1. The molecular formula is C23H30N4O4. The average molecular weight is 427 g/mol. The van der Waals surface area contributed by atoms with Gasteiger partial charge in [-0.2, -0.15) is 4.98 Å². The zero-order valence-electron chi connectivity index (χ0n) is 18.0. The van der Waals surface area contributed by atoms with E-state index in [1.165, 1.54) is 5.56 Å². The number of morpholine rings is 2. The van der Waals surface area contributed by atoms with Gasteiger partial charge in [0.1, 0.15) is 6.61 Å². The van der Waals surface area contributed by atoms with E-state index in [1.807, 2.05) is 43.3 Å². The minimum atomic E-state index is 0.411. The van der Waals surface area contributed by atoms with Crippen molar-refractivity contribution in [1.29, 1.82) is 0 Å². The number of rotatable bonds is 8. The van der Waals surface area contributed by atoms with Gasteiger partial charge in [0.05, 0.1) is 32.6 Å². The van der Waals surface area contributed by atoms with Crippen LogP contribution in [0.2, 0.25) is 0 Å². The maximum absolute atomic E-state index is 5.98. The lowest BCUT2D eigenvalue weighted by Crippen LogP contribution is -2.38. The predicted octanol–water partition coefficient (Wildman–Crippen LogP) is 2.35. The highest BCUT2D eigenvalue weighted by atomic mass is 16.6. The molecule has 0 N–H and O–H groups in total. The minimum absolute atomic E-state index is 0.411. The van der Waals surface area contributed by atoms with Gasteiger partial charge in [-0.15, -0.1) is 0 Å². The molecule has 0 spiro atoms. The Kier molecular flexibility index (Phi) is 7.71. The Bertz CT molecular complexity index is 864. The summed E-state index contributed by atoms with van der Waals surface area (Å²) in [6, 6.07) is 11.9. The van der Waals surface area contributed by atoms with E-state index in [9.17, 15) is 0 Å². The van der Waals surface area contributed by atoms with E-state index < -0.39 is 0 Å². The number of nitrogens with zero attached hydrogens (tertiary/aromatic N) is 4. The maximum Gasteiger partial charge on any atom is 0.254 e. The Labute approximate surface area is 183 Å². The fourth-order valence-electron chi connectivity index (χ4n) is 3.59. The fourth-order valence-corrected chi connectivity index (χ4v) is 3.59. The van der Waals surface area contributed by atoms with E-state index in [-0.39, 0.29) is 0 Å². The Hall–Kier alpha value is -2.68. The number of aryl methyl sites for hydroxylation is 1. The first-order valence-corrected chi connectivity index (χ1v) is 10.8. The van der Waals surface area contributed by atoms with Gasteiger partial charge in [-0.3, -0.25) is 4.90 Å². The zero-order valence-corrected chi connectivity index (χ0v) is 18.0. The SMILES string of the molecule is Cc1cccc(/C=N/Oc2cc(N3CCOCC3)cc(OCCN3CCOCC3)n2)c1. The molecule has 2 aromatic rings. The molecule has 0 radical (unpaired) electrons. The van der Waals surface area contributed by atoms with Crippen molar-refractivity contribution >= 4 is 11.9 Å². The molecule has 8 heteroatoms. The predicted molar refractivity (Wildman–Crippen MR) is 119 cm³/mol. The average Bonchev–Trinajstić information content (AvgIpc) is 2.80. The molecule has 0 bridgehead atoms. The van der Waals surface area contributed by atoms with Crippen molar-refractivity contribution in [3.8, 4) is 11.8 Å². The van der Waals surface area contributed by atoms with E-state index in [0.29, 0.717) is 31.6 Å². The highest BCUT2D eigenvalue weighted by Crippen LogP contribution is 2.26.